The van der Waals surface area contributed by atoms with E-state index in [1.54, 1.807) is 29.1 Å². The molecule has 4 aromatic rings. The van der Waals surface area contributed by atoms with Crippen molar-refractivity contribution in [3.05, 3.63) is 37.2 Å². The van der Waals surface area contributed by atoms with Crippen LogP contribution < -0.4 is 11.5 Å². The summed E-state index contributed by atoms with van der Waals surface area (Å²) in [5, 5.41) is 51.6. The predicted octanol–water partition coefficient (Wildman–Crippen LogP) is -1.85. The van der Waals surface area contributed by atoms with Gasteiger partial charge in [-0.1, -0.05) is 0 Å². The molecule has 20 heteroatoms. The smallest absolute Gasteiger partial charge is 0.351 e. The summed E-state index contributed by atoms with van der Waals surface area (Å²) in [6.45, 7) is 2.39. The summed E-state index contributed by atoms with van der Waals surface area (Å²) in [4.78, 5) is 33.7. The Hall–Kier alpha value is -3.33. The van der Waals surface area contributed by atoms with E-state index in [9.17, 15) is 30.1 Å². The summed E-state index contributed by atoms with van der Waals surface area (Å²) >= 11 is 0. The number of aliphatic hydroxyl groups excluding tert-OH is 3. The maximum absolute atomic E-state index is 10.9. The third-order valence-corrected chi connectivity index (χ3v) is 8.03. The van der Waals surface area contributed by atoms with Gasteiger partial charge in [0.25, 0.3) is 0 Å². The molecule has 0 aliphatic carbocycles. The molecule has 0 radical (unpaired) electrons. The molecule has 6 rings (SSSR count). The Morgan fingerprint density at radius 1 is 0.886 bits per heavy atom. The average molecular weight is 641 g/mol. The van der Waals surface area contributed by atoms with Gasteiger partial charge in [0.15, 0.2) is 25.1 Å². The van der Waals surface area contributed by atoms with E-state index in [4.69, 9.17) is 35.5 Å². The first-order chi connectivity index (χ1) is 20.6. The van der Waals surface area contributed by atoms with Crippen molar-refractivity contribution in [1.82, 2.24) is 29.1 Å². The van der Waals surface area contributed by atoms with E-state index in [0.717, 1.165) is 0 Å². The lowest BCUT2D eigenvalue weighted by Gasteiger charge is -2.27. The second kappa shape index (κ2) is 11.5. The number of nitrogens with two attached hydrogens (primary N) is 2. The summed E-state index contributed by atoms with van der Waals surface area (Å²) in [6.07, 6.45) is -2.18. The molecule has 2 fully saturated rings. The monoisotopic (exact) mass is 640 g/mol. The SMILES string of the molecule is C[C@@]1(O)C(O)[C@@H](CO)O[C@H]1n1ccc2c(N)ncnc21.C[C@@]1(O)C(O)[C@@H](OCP(=O)(O)O)O[C@H]1n1ccc2c(N)ncnc21. The van der Waals surface area contributed by atoms with Gasteiger partial charge in [0.05, 0.1) is 17.4 Å². The molecular weight excluding hydrogens is 607 g/mol. The summed E-state index contributed by atoms with van der Waals surface area (Å²) in [6, 6.07) is 3.34. The van der Waals surface area contributed by atoms with Crippen molar-refractivity contribution < 1.29 is 54.1 Å². The second-order valence-corrected chi connectivity index (χ2v) is 12.4. The normalized spacial score (nSPS) is 32.3. The molecule has 0 aromatic carbocycles. The molecule has 19 nitrogen and oxygen atoms in total. The number of hydrogen-bond acceptors (Lipinski definition) is 15. The second-order valence-electron chi connectivity index (χ2n) is 10.8. The van der Waals surface area contributed by atoms with Crippen LogP contribution in [0.2, 0.25) is 0 Å². The molecule has 4 aromatic heterocycles. The van der Waals surface area contributed by atoms with E-state index in [-0.39, 0.29) is 12.4 Å². The van der Waals surface area contributed by atoms with Gasteiger partial charge in [-0.3, -0.25) is 4.57 Å². The maximum atomic E-state index is 10.9. The van der Waals surface area contributed by atoms with Crippen molar-refractivity contribution in [3.8, 4) is 0 Å². The Labute approximate surface area is 248 Å². The number of fused-ring (bicyclic) bond motifs is 2. The lowest BCUT2D eigenvalue weighted by atomic mass is 9.96. The fourth-order valence-corrected chi connectivity index (χ4v) is 5.50. The third kappa shape index (κ3) is 5.64. The largest absolute Gasteiger partial charge is 0.394 e. The molecule has 0 spiro atoms. The molecule has 240 valence electrons. The van der Waals surface area contributed by atoms with E-state index in [0.29, 0.717) is 27.9 Å². The van der Waals surface area contributed by atoms with Crippen LogP contribution in [0.1, 0.15) is 26.3 Å². The highest BCUT2D eigenvalue weighted by Gasteiger charge is 2.55. The first-order valence-electron chi connectivity index (χ1n) is 13.1. The van der Waals surface area contributed by atoms with Crippen LogP contribution in [0.5, 0.6) is 0 Å². The maximum Gasteiger partial charge on any atom is 0.351 e. The van der Waals surface area contributed by atoms with Crippen molar-refractivity contribution in [2.24, 2.45) is 0 Å². The Morgan fingerprint density at radius 2 is 1.36 bits per heavy atom. The molecule has 0 saturated carbocycles. The summed E-state index contributed by atoms with van der Waals surface area (Å²) in [7, 11) is -4.45. The van der Waals surface area contributed by atoms with Gasteiger partial charge >= 0.3 is 7.60 Å². The van der Waals surface area contributed by atoms with E-state index in [2.05, 4.69) is 19.9 Å². The number of ether oxygens (including phenoxy) is 3. The van der Waals surface area contributed by atoms with Gasteiger partial charge in [0, 0.05) is 12.4 Å². The number of rotatable bonds is 6. The van der Waals surface area contributed by atoms with Crippen LogP contribution in [0.3, 0.4) is 0 Å². The standard InChI is InChI=1S/C12H17N4O7P.C12H16N4O4/c1-12(18)7(17)10(22-5-24(19,20)21)23-11(12)16-3-2-6-8(13)14-4-15-9(6)16;1-12(19)8(18)7(4-17)20-11(12)16-3-2-6-9(13)14-5-15-10(6)16/h2-4,7,10-11,17-18H,5H2,1H3,(H2,13,14,15)(H2,19,20,21);2-3,5,7-8,11,17-19H,4H2,1H3,(H2,13,14,15)/t7?,10-,11+,12+;7-,8?,11-,12-/m01/s1. The van der Waals surface area contributed by atoms with E-state index in [1.165, 1.54) is 31.1 Å². The van der Waals surface area contributed by atoms with Crippen LogP contribution in [0, 0.1) is 0 Å². The zero-order chi connectivity index (χ0) is 32.2. The van der Waals surface area contributed by atoms with Crippen molar-refractivity contribution >= 4 is 41.3 Å². The van der Waals surface area contributed by atoms with Crippen molar-refractivity contribution in [3.63, 3.8) is 0 Å². The van der Waals surface area contributed by atoms with Gasteiger partial charge in [-0.05, 0) is 26.0 Å². The van der Waals surface area contributed by atoms with Crippen LogP contribution >= 0.6 is 7.60 Å². The van der Waals surface area contributed by atoms with Gasteiger partial charge in [-0.2, -0.15) is 0 Å². The van der Waals surface area contributed by atoms with Crippen molar-refractivity contribution in [2.75, 3.05) is 24.4 Å². The minimum Gasteiger partial charge on any atom is -0.394 e. The Balaban J connectivity index is 0.000000177. The summed E-state index contributed by atoms with van der Waals surface area (Å²) in [5.74, 6) is 0.567. The van der Waals surface area contributed by atoms with Crippen LogP contribution in [0.4, 0.5) is 11.6 Å². The molecule has 0 bridgehead atoms. The molecule has 2 saturated heterocycles. The molecule has 6 heterocycles. The number of aliphatic hydroxyl groups is 5. The number of nitrogens with zero attached hydrogens (tertiary/aromatic N) is 6. The molecule has 8 atom stereocenters. The number of aromatic nitrogens is 6. The predicted molar refractivity (Wildman–Crippen MR) is 150 cm³/mol. The molecule has 11 N–H and O–H groups in total. The highest BCUT2D eigenvalue weighted by Crippen LogP contribution is 2.43. The fourth-order valence-electron chi connectivity index (χ4n) is 5.16. The zero-order valence-electron chi connectivity index (χ0n) is 23.4. The lowest BCUT2D eigenvalue weighted by Crippen LogP contribution is -2.44. The van der Waals surface area contributed by atoms with Gasteiger partial charge in [-0.15, -0.1) is 0 Å². The van der Waals surface area contributed by atoms with Crippen LogP contribution in [0.25, 0.3) is 22.1 Å². The molecule has 2 aliphatic rings. The fraction of sp³-hybridized carbons (Fsp3) is 0.500. The molecule has 2 aliphatic heterocycles. The summed E-state index contributed by atoms with van der Waals surface area (Å²) in [5.41, 5.74) is 9.03. The van der Waals surface area contributed by atoms with Gasteiger partial charge in [0.2, 0.25) is 0 Å². The van der Waals surface area contributed by atoms with E-state index >= 15 is 0 Å². The number of anilines is 2. The van der Waals surface area contributed by atoms with Crippen molar-refractivity contribution in [2.45, 2.75) is 62.1 Å². The third-order valence-electron chi connectivity index (χ3n) is 7.55. The Morgan fingerprint density at radius 3 is 1.82 bits per heavy atom. The highest BCUT2D eigenvalue weighted by molar-refractivity contribution is 7.51. The molecule has 0 amide bonds. The van der Waals surface area contributed by atoms with E-state index in [1.807, 2.05) is 0 Å². The Bertz CT molecular complexity index is 1690. The molecular formula is C24H33N8O11P. The average Bonchev–Trinajstić information content (AvgIpc) is 3.68. The minimum absolute atomic E-state index is 0.242. The number of hydrogen-bond donors (Lipinski definition) is 9. The molecule has 44 heavy (non-hydrogen) atoms. The van der Waals surface area contributed by atoms with Crippen LogP contribution in [-0.2, 0) is 18.8 Å². The highest BCUT2D eigenvalue weighted by atomic mass is 31.2. The topological polar surface area (TPSA) is 300 Å². The Kier molecular flexibility index (Phi) is 8.42. The van der Waals surface area contributed by atoms with Gasteiger partial charge in [0.1, 0.15) is 65.1 Å². The zero-order valence-corrected chi connectivity index (χ0v) is 24.3. The van der Waals surface area contributed by atoms with Crippen molar-refractivity contribution in [1.29, 1.82) is 0 Å². The van der Waals surface area contributed by atoms with Crippen LogP contribution in [-0.4, -0.2) is 113 Å². The lowest BCUT2D eigenvalue weighted by molar-refractivity contribution is -0.167. The summed E-state index contributed by atoms with van der Waals surface area (Å²) < 4.78 is 29.9. The van der Waals surface area contributed by atoms with Crippen LogP contribution in [0.15, 0.2) is 37.2 Å². The van der Waals surface area contributed by atoms with Gasteiger partial charge in [-0.25, -0.2) is 19.9 Å². The first-order valence-corrected chi connectivity index (χ1v) is 14.9. The first kappa shape index (κ1) is 32.1. The minimum atomic E-state index is -4.45. The van der Waals surface area contributed by atoms with E-state index < -0.39 is 62.2 Å². The quantitative estimate of drug-likeness (QED) is 0.104. The molecule has 2 unspecified atom stereocenters. The number of nitrogen functional groups attached to an aromatic ring is 2. The van der Waals surface area contributed by atoms with Gasteiger partial charge < -0.3 is 70.1 Å².